The van der Waals surface area contributed by atoms with Crippen LogP contribution in [-0.2, 0) is 29.2 Å². The Bertz CT molecular complexity index is 1360. The van der Waals surface area contributed by atoms with E-state index in [9.17, 15) is 19.2 Å². The van der Waals surface area contributed by atoms with E-state index in [1.165, 1.54) is 15.8 Å². The lowest BCUT2D eigenvalue weighted by Gasteiger charge is -2.29. The molecule has 13 heteroatoms. The van der Waals surface area contributed by atoms with Crippen LogP contribution in [0.3, 0.4) is 0 Å². The number of hydrogen-bond donors (Lipinski definition) is 1. The molecule has 1 fully saturated rings. The van der Waals surface area contributed by atoms with Gasteiger partial charge in [-0.3, -0.25) is 24.5 Å². The first-order chi connectivity index (χ1) is 16.5. The smallest absolute Gasteiger partial charge is 0.276 e. The number of imide groups is 1. The quantitative estimate of drug-likeness (QED) is 0.502. The van der Waals surface area contributed by atoms with Gasteiger partial charge in [-0.2, -0.15) is 0 Å². The summed E-state index contributed by atoms with van der Waals surface area (Å²) in [5.41, 5.74) is 2.00. The SMILES string of the molecule is O=C1CCC(N2Cc3ccc(-n4cc(C(=O)N5CCn6cnnc6C5)nn4)cc3C2=O)C(=O)N1. The van der Waals surface area contributed by atoms with Gasteiger partial charge in [-0.15, -0.1) is 15.3 Å². The zero-order valence-corrected chi connectivity index (χ0v) is 17.9. The van der Waals surface area contributed by atoms with E-state index in [0.717, 1.165) is 5.56 Å². The first kappa shape index (κ1) is 20.2. The molecule has 1 atom stereocenters. The Morgan fingerprint density at radius 1 is 1.09 bits per heavy atom. The van der Waals surface area contributed by atoms with Crippen molar-refractivity contribution in [2.75, 3.05) is 6.54 Å². The van der Waals surface area contributed by atoms with Crippen LogP contribution in [-0.4, -0.2) is 75.8 Å². The van der Waals surface area contributed by atoms with Gasteiger partial charge < -0.3 is 14.4 Å². The Balaban J connectivity index is 1.20. The normalized spacial score (nSPS) is 19.8. The zero-order chi connectivity index (χ0) is 23.4. The van der Waals surface area contributed by atoms with E-state index in [-0.39, 0.29) is 29.8 Å². The van der Waals surface area contributed by atoms with Crippen LogP contribution in [0.4, 0.5) is 0 Å². The van der Waals surface area contributed by atoms with Crippen molar-refractivity contribution in [1.82, 2.24) is 44.9 Å². The molecule has 3 aromatic rings. The van der Waals surface area contributed by atoms with Crippen molar-refractivity contribution in [3.63, 3.8) is 0 Å². The van der Waals surface area contributed by atoms with Crippen LogP contribution < -0.4 is 5.32 Å². The summed E-state index contributed by atoms with van der Waals surface area (Å²) in [6.07, 6.45) is 3.68. The lowest BCUT2D eigenvalue weighted by atomic mass is 10.0. The maximum Gasteiger partial charge on any atom is 0.276 e. The largest absolute Gasteiger partial charge is 0.328 e. The van der Waals surface area contributed by atoms with Crippen LogP contribution in [0.1, 0.15) is 45.1 Å². The number of benzene rings is 1. The van der Waals surface area contributed by atoms with Gasteiger partial charge in [0.2, 0.25) is 11.8 Å². The summed E-state index contributed by atoms with van der Waals surface area (Å²) in [7, 11) is 0. The average Bonchev–Trinajstić information content (AvgIpc) is 3.57. The maximum atomic E-state index is 13.0. The van der Waals surface area contributed by atoms with Crippen molar-refractivity contribution in [3.05, 3.63) is 53.4 Å². The number of piperidine rings is 1. The van der Waals surface area contributed by atoms with Gasteiger partial charge >= 0.3 is 0 Å². The van der Waals surface area contributed by atoms with Crippen molar-refractivity contribution in [1.29, 1.82) is 0 Å². The number of rotatable bonds is 3. The fraction of sp³-hybridized carbons (Fsp3) is 0.333. The highest BCUT2D eigenvalue weighted by Gasteiger charge is 2.39. The predicted octanol–water partition coefficient (Wildman–Crippen LogP) is -0.724. The molecule has 0 saturated carbocycles. The minimum absolute atomic E-state index is 0.185. The second kappa shape index (κ2) is 7.57. The molecule has 4 amide bonds. The molecule has 3 aliphatic rings. The zero-order valence-electron chi connectivity index (χ0n) is 17.9. The minimum atomic E-state index is -0.674. The molecule has 1 aromatic carbocycles. The molecule has 34 heavy (non-hydrogen) atoms. The fourth-order valence-corrected chi connectivity index (χ4v) is 4.57. The number of hydrogen-bond acceptors (Lipinski definition) is 8. The number of amides is 4. The molecular weight excluding hydrogens is 442 g/mol. The molecule has 1 saturated heterocycles. The van der Waals surface area contributed by atoms with Crippen LogP contribution in [0.5, 0.6) is 0 Å². The number of nitrogens with one attached hydrogen (secondary N) is 1. The third-order valence-corrected chi connectivity index (χ3v) is 6.41. The molecule has 0 spiro atoms. The van der Waals surface area contributed by atoms with Crippen LogP contribution in [0.25, 0.3) is 5.69 Å². The summed E-state index contributed by atoms with van der Waals surface area (Å²) in [4.78, 5) is 52.8. The standard InChI is InChI=1S/C21H19N9O4/c31-18-4-3-16(19(32)23-18)29-8-12-1-2-13(7-14(12)20(29)33)30-9-15(24-26-30)21(34)27-5-6-28-11-22-25-17(28)10-27/h1-2,7,9,11,16H,3-6,8,10H2,(H,23,31,32). The van der Waals surface area contributed by atoms with Crippen LogP contribution in [0.2, 0.25) is 0 Å². The number of aromatic nitrogens is 6. The van der Waals surface area contributed by atoms with Crippen molar-refractivity contribution in [2.24, 2.45) is 0 Å². The summed E-state index contributed by atoms with van der Waals surface area (Å²) in [5, 5.41) is 18.3. The molecule has 172 valence electrons. The summed E-state index contributed by atoms with van der Waals surface area (Å²) >= 11 is 0. The predicted molar refractivity (Wildman–Crippen MR) is 112 cm³/mol. The van der Waals surface area contributed by atoms with Gasteiger partial charge in [0, 0.05) is 31.6 Å². The molecule has 0 aliphatic carbocycles. The third-order valence-electron chi connectivity index (χ3n) is 6.41. The molecule has 0 bridgehead atoms. The Morgan fingerprint density at radius 3 is 2.82 bits per heavy atom. The molecule has 0 radical (unpaired) electrons. The summed E-state index contributed by atoms with van der Waals surface area (Å²) in [6, 6.07) is 4.59. The summed E-state index contributed by atoms with van der Waals surface area (Å²) in [5.74, 6) is -0.602. The van der Waals surface area contributed by atoms with E-state index < -0.39 is 11.9 Å². The minimum Gasteiger partial charge on any atom is -0.328 e. The number of nitrogens with zero attached hydrogens (tertiary/aromatic N) is 8. The van der Waals surface area contributed by atoms with E-state index in [4.69, 9.17) is 0 Å². The van der Waals surface area contributed by atoms with E-state index >= 15 is 0 Å². The highest BCUT2D eigenvalue weighted by molar-refractivity contribution is 6.05. The monoisotopic (exact) mass is 461 g/mol. The van der Waals surface area contributed by atoms with Crippen molar-refractivity contribution >= 4 is 23.6 Å². The molecule has 1 N–H and O–H groups in total. The highest BCUT2D eigenvalue weighted by atomic mass is 16.2. The van der Waals surface area contributed by atoms with Gasteiger partial charge in [0.25, 0.3) is 11.8 Å². The van der Waals surface area contributed by atoms with Crippen molar-refractivity contribution < 1.29 is 19.2 Å². The summed E-state index contributed by atoms with van der Waals surface area (Å²) < 4.78 is 3.35. The molecule has 3 aliphatic heterocycles. The van der Waals surface area contributed by atoms with Gasteiger partial charge in [0.1, 0.15) is 12.4 Å². The van der Waals surface area contributed by atoms with Gasteiger partial charge in [-0.1, -0.05) is 11.3 Å². The lowest BCUT2D eigenvalue weighted by molar-refractivity contribution is -0.136. The van der Waals surface area contributed by atoms with E-state index in [1.54, 1.807) is 29.4 Å². The van der Waals surface area contributed by atoms with E-state index in [0.29, 0.717) is 49.7 Å². The number of carbonyl (C=O) groups excluding carboxylic acids is 4. The second-order valence-electron chi connectivity index (χ2n) is 8.46. The Hall–Kier alpha value is -4.42. The molecule has 6 rings (SSSR count). The molecule has 2 aromatic heterocycles. The highest BCUT2D eigenvalue weighted by Crippen LogP contribution is 2.29. The van der Waals surface area contributed by atoms with E-state index in [1.807, 2.05) is 4.57 Å². The first-order valence-corrected chi connectivity index (χ1v) is 10.8. The van der Waals surface area contributed by atoms with Gasteiger partial charge in [-0.05, 0) is 24.1 Å². The van der Waals surface area contributed by atoms with Gasteiger partial charge in [0.05, 0.1) is 18.4 Å². The van der Waals surface area contributed by atoms with Crippen molar-refractivity contribution in [3.8, 4) is 5.69 Å². The number of fused-ring (bicyclic) bond motifs is 2. The fourth-order valence-electron chi connectivity index (χ4n) is 4.57. The molecule has 1 unspecified atom stereocenters. The Morgan fingerprint density at radius 2 is 1.97 bits per heavy atom. The Kier molecular flexibility index (Phi) is 4.50. The van der Waals surface area contributed by atoms with Crippen LogP contribution in [0.15, 0.2) is 30.7 Å². The number of carbonyl (C=O) groups is 4. The Labute approximate surface area is 192 Å². The molecule has 13 nitrogen and oxygen atoms in total. The van der Waals surface area contributed by atoms with Gasteiger partial charge in [-0.25, -0.2) is 4.68 Å². The first-order valence-electron chi connectivity index (χ1n) is 10.8. The second-order valence-corrected chi connectivity index (χ2v) is 8.46. The molecular formula is C21H19N9O4. The topological polar surface area (TPSA) is 148 Å². The molecule has 5 heterocycles. The van der Waals surface area contributed by atoms with Crippen molar-refractivity contribution in [2.45, 2.75) is 38.5 Å². The van der Waals surface area contributed by atoms with Gasteiger partial charge in [0.15, 0.2) is 11.5 Å². The third kappa shape index (κ3) is 3.24. The summed E-state index contributed by atoms with van der Waals surface area (Å²) in [6.45, 7) is 1.76. The van der Waals surface area contributed by atoms with Crippen LogP contribution in [0, 0.1) is 0 Å². The maximum absolute atomic E-state index is 13.0. The van der Waals surface area contributed by atoms with Crippen LogP contribution >= 0.6 is 0 Å². The lowest BCUT2D eigenvalue weighted by Crippen LogP contribution is -2.52. The average molecular weight is 461 g/mol. The van der Waals surface area contributed by atoms with E-state index in [2.05, 4.69) is 25.8 Å².